The average molecular weight is 429 g/mol. The van der Waals surface area contributed by atoms with E-state index in [-0.39, 0.29) is 0 Å². The summed E-state index contributed by atoms with van der Waals surface area (Å²) >= 11 is 0. The fourth-order valence-electron chi connectivity index (χ4n) is 4.88. The van der Waals surface area contributed by atoms with Gasteiger partial charge < -0.3 is 15.4 Å². The van der Waals surface area contributed by atoms with Gasteiger partial charge in [0.2, 0.25) is 0 Å². The third-order valence-electron chi connectivity index (χ3n) is 6.43. The van der Waals surface area contributed by atoms with Crippen LogP contribution < -0.4 is 15.4 Å². The van der Waals surface area contributed by atoms with Crippen molar-refractivity contribution in [3.05, 3.63) is 103 Å². The van der Waals surface area contributed by atoms with E-state index in [9.17, 15) is 0 Å². The highest BCUT2D eigenvalue weighted by Gasteiger charge is 2.21. The van der Waals surface area contributed by atoms with Crippen LogP contribution in [-0.4, -0.2) is 6.54 Å². The van der Waals surface area contributed by atoms with Crippen LogP contribution in [0.4, 0.5) is 17.1 Å². The number of nitrogens with zero attached hydrogens (tertiary/aromatic N) is 1. The molecule has 0 radical (unpaired) electrons. The van der Waals surface area contributed by atoms with E-state index < -0.39 is 0 Å². The number of nitrogens with two attached hydrogens (primary N) is 1. The minimum absolute atomic E-state index is 0.785. The summed E-state index contributed by atoms with van der Waals surface area (Å²) in [5.74, 6) is 1.82. The summed E-state index contributed by atoms with van der Waals surface area (Å²) in [4.78, 5) is 2.24. The Hall–Kier alpha value is -4.24. The van der Waals surface area contributed by atoms with E-state index in [4.69, 9.17) is 10.5 Å². The standard InChI is InChI=1S/C30H24N2O/c1-2-32(27-12-5-4-11-26(27)31)21-16-14-20(15-17-21)22-18-19-29-30-24(22)9-7-10-25(30)23-8-3-6-13-28(23)33-29/h3-19H,2,31H2,1H3. The Morgan fingerprint density at radius 1 is 0.667 bits per heavy atom. The number of nitrogen functional groups attached to an aromatic ring is 1. The molecule has 6 rings (SSSR count). The highest BCUT2D eigenvalue weighted by atomic mass is 16.5. The van der Waals surface area contributed by atoms with Gasteiger partial charge in [-0.05, 0) is 65.4 Å². The fraction of sp³-hybridized carbons (Fsp3) is 0.0667. The lowest BCUT2D eigenvalue weighted by Crippen LogP contribution is -2.17. The molecule has 3 nitrogen and oxygen atoms in total. The second-order valence-corrected chi connectivity index (χ2v) is 8.29. The molecule has 3 heteroatoms. The molecule has 0 spiro atoms. The van der Waals surface area contributed by atoms with Crippen molar-refractivity contribution in [2.75, 3.05) is 17.2 Å². The van der Waals surface area contributed by atoms with Crippen LogP contribution in [-0.2, 0) is 0 Å². The number of benzene rings is 5. The first-order valence-electron chi connectivity index (χ1n) is 11.3. The van der Waals surface area contributed by atoms with Crippen LogP contribution in [0.25, 0.3) is 33.0 Å². The van der Waals surface area contributed by atoms with E-state index in [0.29, 0.717) is 0 Å². The molecule has 5 aromatic carbocycles. The highest BCUT2D eigenvalue weighted by molar-refractivity contribution is 6.09. The van der Waals surface area contributed by atoms with E-state index in [1.807, 2.05) is 30.3 Å². The molecular weight excluding hydrogens is 404 g/mol. The summed E-state index contributed by atoms with van der Waals surface area (Å²) in [6.07, 6.45) is 0. The first kappa shape index (κ1) is 19.4. The average Bonchev–Trinajstić information content (AvgIpc) is 2.86. The van der Waals surface area contributed by atoms with Gasteiger partial charge in [-0.2, -0.15) is 0 Å². The molecule has 2 N–H and O–H groups in total. The Kier molecular flexibility index (Phi) is 4.55. The molecule has 1 aliphatic rings. The van der Waals surface area contributed by atoms with Gasteiger partial charge in [0.15, 0.2) is 0 Å². The number of hydrogen-bond acceptors (Lipinski definition) is 3. The third-order valence-corrected chi connectivity index (χ3v) is 6.43. The number of ether oxygens (including phenoxy) is 1. The van der Waals surface area contributed by atoms with Crippen molar-refractivity contribution in [3.8, 4) is 33.8 Å². The van der Waals surface area contributed by atoms with Crippen LogP contribution >= 0.6 is 0 Å². The third kappa shape index (κ3) is 3.13. The van der Waals surface area contributed by atoms with Crippen LogP contribution in [0.2, 0.25) is 0 Å². The van der Waals surface area contributed by atoms with Crippen molar-refractivity contribution < 1.29 is 4.74 Å². The number of rotatable bonds is 4. The number of anilines is 3. The zero-order valence-electron chi connectivity index (χ0n) is 18.5. The summed E-state index contributed by atoms with van der Waals surface area (Å²) in [5, 5.41) is 2.37. The predicted octanol–water partition coefficient (Wildman–Crippen LogP) is 8.02. The molecule has 0 atom stereocenters. The van der Waals surface area contributed by atoms with Crippen LogP contribution in [0.1, 0.15) is 6.92 Å². The van der Waals surface area contributed by atoms with E-state index in [1.165, 1.54) is 27.5 Å². The molecule has 0 saturated heterocycles. The maximum atomic E-state index is 6.25. The van der Waals surface area contributed by atoms with E-state index in [0.717, 1.165) is 40.7 Å². The van der Waals surface area contributed by atoms with E-state index in [1.54, 1.807) is 0 Å². The monoisotopic (exact) mass is 428 g/mol. The predicted molar refractivity (Wildman–Crippen MR) is 138 cm³/mol. The van der Waals surface area contributed by atoms with Gasteiger partial charge in [-0.15, -0.1) is 0 Å². The SMILES string of the molecule is CCN(c1ccc(-c2ccc3c4c(cccc24)-c2ccccc2O3)cc1)c1ccccc1N. The van der Waals surface area contributed by atoms with Crippen LogP contribution in [0, 0.1) is 0 Å². The normalized spacial score (nSPS) is 11.7. The van der Waals surface area contributed by atoms with Crippen LogP contribution in [0.15, 0.2) is 103 Å². The maximum Gasteiger partial charge on any atom is 0.135 e. The lowest BCUT2D eigenvalue weighted by Gasteiger charge is -2.25. The molecule has 33 heavy (non-hydrogen) atoms. The smallest absolute Gasteiger partial charge is 0.135 e. The second-order valence-electron chi connectivity index (χ2n) is 8.29. The highest BCUT2D eigenvalue weighted by Crippen LogP contribution is 2.48. The molecular formula is C30H24N2O. The van der Waals surface area contributed by atoms with Crippen LogP contribution in [0.5, 0.6) is 11.5 Å². The zero-order chi connectivity index (χ0) is 22.4. The minimum Gasteiger partial charge on any atom is -0.456 e. The van der Waals surface area contributed by atoms with E-state index >= 15 is 0 Å². The fourth-order valence-corrected chi connectivity index (χ4v) is 4.88. The summed E-state index contributed by atoms with van der Waals surface area (Å²) < 4.78 is 6.25. The van der Waals surface area contributed by atoms with Gasteiger partial charge in [0.1, 0.15) is 11.5 Å². The Bertz CT molecular complexity index is 1490. The summed E-state index contributed by atoms with van der Waals surface area (Å²) in [7, 11) is 0. The first-order chi connectivity index (χ1) is 16.2. The molecule has 1 aliphatic heterocycles. The van der Waals surface area contributed by atoms with Crippen molar-refractivity contribution in [1.29, 1.82) is 0 Å². The zero-order valence-corrected chi connectivity index (χ0v) is 18.5. The van der Waals surface area contributed by atoms with Gasteiger partial charge >= 0.3 is 0 Å². The molecule has 160 valence electrons. The Labute approximate surface area is 193 Å². The topological polar surface area (TPSA) is 38.5 Å². The Balaban J connectivity index is 1.45. The van der Waals surface area contributed by atoms with Crippen LogP contribution in [0.3, 0.4) is 0 Å². The van der Waals surface area contributed by atoms with Crippen molar-refractivity contribution in [2.24, 2.45) is 0 Å². The molecule has 0 saturated carbocycles. The quantitative estimate of drug-likeness (QED) is 0.289. The molecule has 0 aliphatic carbocycles. The minimum atomic E-state index is 0.785. The van der Waals surface area contributed by atoms with Gasteiger partial charge in [0, 0.05) is 23.2 Å². The largest absolute Gasteiger partial charge is 0.456 e. The summed E-state index contributed by atoms with van der Waals surface area (Å²) in [5.41, 5.74) is 13.9. The maximum absolute atomic E-state index is 6.25. The number of hydrogen-bond donors (Lipinski definition) is 1. The van der Waals surface area contributed by atoms with Gasteiger partial charge in [0.25, 0.3) is 0 Å². The Morgan fingerprint density at radius 3 is 2.24 bits per heavy atom. The molecule has 0 aromatic heterocycles. The molecule has 0 bridgehead atoms. The van der Waals surface area contributed by atoms with Gasteiger partial charge in [-0.1, -0.05) is 66.7 Å². The summed E-state index contributed by atoms with van der Waals surface area (Å²) in [6.45, 7) is 2.98. The van der Waals surface area contributed by atoms with Crippen molar-refractivity contribution >= 4 is 27.8 Å². The number of fused-ring (bicyclic) bond motifs is 2. The first-order valence-corrected chi connectivity index (χ1v) is 11.3. The second kappa shape index (κ2) is 7.72. The van der Waals surface area contributed by atoms with Crippen molar-refractivity contribution in [2.45, 2.75) is 6.92 Å². The van der Waals surface area contributed by atoms with Gasteiger partial charge in [0.05, 0.1) is 11.4 Å². The molecule has 5 aromatic rings. The number of para-hydroxylation sites is 3. The molecule has 1 heterocycles. The Morgan fingerprint density at radius 2 is 1.42 bits per heavy atom. The van der Waals surface area contributed by atoms with Gasteiger partial charge in [-0.3, -0.25) is 0 Å². The molecule has 0 fully saturated rings. The van der Waals surface area contributed by atoms with E-state index in [2.05, 4.69) is 84.6 Å². The summed E-state index contributed by atoms with van der Waals surface area (Å²) in [6, 6.07) is 35.7. The molecule has 0 amide bonds. The lowest BCUT2D eigenvalue weighted by atomic mass is 9.90. The van der Waals surface area contributed by atoms with Crippen molar-refractivity contribution in [3.63, 3.8) is 0 Å². The van der Waals surface area contributed by atoms with Crippen molar-refractivity contribution in [1.82, 2.24) is 0 Å². The van der Waals surface area contributed by atoms with Gasteiger partial charge in [-0.25, -0.2) is 0 Å². The molecule has 0 unspecified atom stereocenters. The lowest BCUT2D eigenvalue weighted by molar-refractivity contribution is 0.487.